The van der Waals surface area contributed by atoms with E-state index < -0.39 is 15.9 Å². The number of nitrogens with zero attached hydrogens (tertiary/aromatic N) is 2. The zero-order valence-electron chi connectivity index (χ0n) is 17.3. The van der Waals surface area contributed by atoms with E-state index in [1.807, 2.05) is 24.3 Å². The largest absolute Gasteiger partial charge is 0.338 e. The van der Waals surface area contributed by atoms with E-state index in [0.29, 0.717) is 24.3 Å². The minimum atomic E-state index is -3.56. The zero-order valence-corrected chi connectivity index (χ0v) is 18.1. The summed E-state index contributed by atoms with van der Waals surface area (Å²) < 4.78 is 31.7. The number of sulfonamides is 1. The molecule has 7 nitrogen and oxygen atoms in total. The number of nitrogens with one attached hydrogen (secondary N) is 1. The fourth-order valence-electron chi connectivity index (χ4n) is 3.06. The Morgan fingerprint density at radius 1 is 1.00 bits per heavy atom. The minimum Gasteiger partial charge on any atom is -0.338 e. The number of hydrogen-bond donors (Lipinski definition) is 1. The van der Waals surface area contributed by atoms with Gasteiger partial charge in [0.25, 0.3) is 5.91 Å². The first-order valence-corrected chi connectivity index (χ1v) is 11.3. The quantitative estimate of drug-likeness (QED) is 0.582. The first-order chi connectivity index (χ1) is 14.4. The van der Waals surface area contributed by atoms with Gasteiger partial charge in [0, 0.05) is 30.3 Å². The van der Waals surface area contributed by atoms with Gasteiger partial charge in [-0.3, -0.25) is 10.1 Å². The monoisotopic (exact) mass is 427 g/mol. The van der Waals surface area contributed by atoms with Crippen molar-refractivity contribution in [3.63, 3.8) is 0 Å². The highest BCUT2D eigenvalue weighted by atomic mass is 32.2. The summed E-state index contributed by atoms with van der Waals surface area (Å²) in [6, 6.07) is 15.4. The van der Waals surface area contributed by atoms with Crippen molar-refractivity contribution in [1.82, 2.24) is 9.46 Å². The Hall–Kier alpha value is -2.97. The molecular formula is C22H25N3O4S. The topological polar surface area (TPSA) is 92.5 Å². The molecule has 3 rings (SSSR count). The molecular weight excluding hydrogens is 402 g/mol. The van der Waals surface area contributed by atoms with Gasteiger partial charge < -0.3 is 4.52 Å². The van der Waals surface area contributed by atoms with Crippen molar-refractivity contribution < 1.29 is 17.7 Å². The molecule has 0 fully saturated rings. The second-order valence-electron chi connectivity index (χ2n) is 6.69. The first kappa shape index (κ1) is 21.7. The molecule has 2 aromatic carbocycles. The van der Waals surface area contributed by atoms with Crippen LogP contribution in [-0.4, -0.2) is 36.9 Å². The van der Waals surface area contributed by atoms with Crippen molar-refractivity contribution in [3.8, 4) is 11.3 Å². The standard InChI is InChI=1S/C22H25N3O4S/c1-4-16-7-9-17(10-8-16)20-15-21(29-24-20)23-22(26)18-11-13-19(14-12-18)30(27,28)25(5-2)6-3/h7-15H,4-6H2,1-3H3,(H,23,26). The molecule has 0 bridgehead atoms. The molecule has 3 aromatic rings. The second-order valence-corrected chi connectivity index (χ2v) is 8.63. The predicted molar refractivity (Wildman–Crippen MR) is 116 cm³/mol. The fraction of sp³-hybridized carbons (Fsp3) is 0.273. The van der Waals surface area contributed by atoms with E-state index >= 15 is 0 Å². The Balaban J connectivity index is 1.71. The Labute approximate surface area is 176 Å². The highest BCUT2D eigenvalue weighted by Gasteiger charge is 2.22. The molecule has 0 unspecified atom stereocenters. The van der Waals surface area contributed by atoms with Gasteiger partial charge in [-0.1, -0.05) is 50.2 Å². The van der Waals surface area contributed by atoms with Crippen molar-refractivity contribution in [3.05, 3.63) is 65.7 Å². The minimum absolute atomic E-state index is 0.153. The molecule has 0 spiro atoms. The van der Waals surface area contributed by atoms with E-state index in [1.165, 1.54) is 34.1 Å². The third kappa shape index (κ3) is 4.60. The molecule has 30 heavy (non-hydrogen) atoms. The molecule has 0 aliphatic heterocycles. The number of amides is 1. The predicted octanol–water partition coefficient (Wildman–Crippen LogP) is 4.19. The summed E-state index contributed by atoms with van der Waals surface area (Å²) in [6.07, 6.45) is 0.954. The van der Waals surface area contributed by atoms with Gasteiger partial charge in [-0.05, 0) is 36.2 Å². The Bertz CT molecular complexity index is 1100. The van der Waals surface area contributed by atoms with Gasteiger partial charge in [0.1, 0.15) is 5.69 Å². The van der Waals surface area contributed by atoms with Crippen LogP contribution in [0.25, 0.3) is 11.3 Å². The molecule has 0 aliphatic rings. The maximum atomic E-state index is 12.5. The van der Waals surface area contributed by atoms with Gasteiger partial charge in [0.05, 0.1) is 4.90 Å². The smallest absolute Gasteiger partial charge is 0.258 e. The van der Waals surface area contributed by atoms with Crippen molar-refractivity contribution >= 4 is 21.8 Å². The van der Waals surface area contributed by atoms with Crippen LogP contribution in [0.1, 0.15) is 36.7 Å². The van der Waals surface area contributed by atoms with Crippen LogP contribution in [0.4, 0.5) is 5.88 Å². The first-order valence-electron chi connectivity index (χ1n) is 9.86. The number of aromatic nitrogens is 1. The van der Waals surface area contributed by atoms with E-state index in [0.717, 1.165) is 12.0 Å². The lowest BCUT2D eigenvalue weighted by atomic mass is 10.1. The number of hydrogen-bond acceptors (Lipinski definition) is 5. The van der Waals surface area contributed by atoms with Gasteiger partial charge in [-0.25, -0.2) is 8.42 Å². The second kappa shape index (κ2) is 9.23. The number of carbonyl (C=O) groups is 1. The van der Waals surface area contributed by atoms with Crippen molar-refractivity contribution in [2.75, 3.05) is 18.4 Å². The summed E-state index contributed by atoms with van der Waals surface area (Å²) in [5, 5.41) is 6.64. The van der Waals surface area contributed by atoms with Crippen LogP contribution in [0, 0.1) is 0 Å². The summed E-state index contributed by atoms with van der Waals surface area (Å²) in [4.78, 5) is 12.6. The summed E-state index contributed by atoms with van der Waals surface area (Å²) in [5.41, 5.74) is 3.05. The Kier molecular flexibility index (Phi) is 6.69. The summed E-state index contributed by atoms with van der Waals surface area (Å²) in [5.74, 6) is -0.194. The fourth-order valence-corrected chi connectivity index (χ4v) is 4.51. The van der Waals surface area contributed by atoms with Crippen LogP contribution in [0.15, 0.2) is 64.0 Å². The molecule has 1 heterocycles. The lowest BCUT2D eigenvalue weighted by Crippen LogP contribution is -2.30. The number of rotatable bonds is 8. The average molecular weight is 428 g/mol. The molecule has 1 aromatic heterocycles. The van der Waals surface area contributed by atoms with Gasteiger partial charge in [-0.15, -0.1) is 0 Å². The molecule has 8 heteroatoms. The molecule has 0 radical (unpaired) electrons. The maximum absolute atomic E-state index is 12.5. The number of aryl methyl sites for hydroxylation is 1. The van der Waals surface area contributed by atoms with Crippen molar-refractivity contribution in [2.45, 2.75) is 32.1 Å². The van der Waals surface area contributed by atoms with Crippen molar-refractivity contribution in [1.29, 1.82) is 0 Å². The SMILES string of the molecule is CCc1ccc(-c2cc(NC(=O)c3ccc(S(=O)(=O)N(CC)CC)cc3)on2)cc1. The van der Waals surface area contributed by atoms with Crippen LogP contribution >= 0.6 is 0 Å². The van der Waals surface area contributed by atoms with Gasteiger partial charge in [-0.2, -0.15) is 4.31 Å². The average Bonchev–Trinajstić information content (AvgIpc) is 3.23. The van der Waals surface area contributed by atoms with Crippen LogP contribution in [0.5, 0.6) is 0 Å². The maximum Gasteiger partial charge on any atom is 0.258 e. The third-order valence-corrected chi connectivity index (χ3v) is 6.93. The molecule has 0 saturated heterocycles. The summed E-state index contributed by atoms with van der Waals surface area (Å²) >= 11 is 0. The molecule has 158 valence electrons. The zero-order chi connectivity index (χ0) is 21.7. The lowest BCUT2D eigenvalue weighted by Gasteiger charge is -2.18. The van der Waals surface area contributed by atoms with Gasteiger partial charge in [0.2, 0.25) is 15.9 Å². The number of benzene rings is 2. The van der Waals surface area contributed by atoms with E-state index in [-0.39, 0.29) is 10.8 Å². The molecule has 0 atom stereocenters. The van der Waals surface area contributed by atoms with Gasteiger partial charge in [0.15, 0.2) is 0 Å². The lowest BCUT2D eigenvalue weighted by molar-refractivity contribution is 0.102. The van der Waals surface area contributed by atoms with Crippen LogP contribution < -0.4 is 5.32 Å². The van der Waals surface area contributed by atoms with Crippen LogP contribution in [0.2, 0.25) is 0 Å². The van der Waals surface area contributed by atoms with Gasteiger partial charge >= 0.3 is 0 Å². The summed E-state index contributed by atoms with van der Waals surface area (Å²) in [6.45, 7) is 6.43. The third-order valence-electron chi connectivity index (χ3n) is 4.86. The Morgan fingerprint density at radius 2 is 1.63 bits per heavy atom. The highest BCUT2D eigenvalue weighted by Crippen LogP contribution is 2.23. The number of anilines is 1. The molecule has 1 N–H and O–H groups in total. The van der Waals surface area contributed by atoms with E-state index in [9.17, 15) is 13.2 Å². The molecule has 0 saturated carbocycles. The van der Waals surface area contributed by atoms with E-state index in [4.69, 9.17) is 4.52 Å². The molecule has 0 aliphatic carbocycles. The molecule has 1 amide bonds. The number of carbonyl (C=O) groups excluding carboxylic acids is 1. The van der Waals surface area contributed by atoms with Crippen molar-refractivity contribution in [2.24, 2.45) is 0 Å². The highest BCUT2D eigenvalue weighted by molar-refractivity contribution is 7.89. The normalized spacial score (nSPS) is 11.6. The van der Waals surface area contributed by atoms with E-state index in [1.54, 1.807) is 19.9 Å². The summed E-state index contributed by atoms with van der Waals surface area (Å²) in [7, 11) is -3.56. The Morgan fingerprint density at radius 3 is 2.20 bits per heavy atom. The van der Waals surface area contributed by atoms with Crippen LogP contribution in [-0.2, 0) is 16.4 Å². The van der Waals surface area contributed by atoms with Crippen LogP contribution in [0.3, 0.4) is 0 Å². The van der Waals surface area contributed by atoms with E-state index in [2.05, 4.69) is 17.4 Å².